The third-order valence-corrected chi connectivity index (χ3v) is 10.2. The number of carboxylic acid groups (broad SMARTS) is 1. The molecule has 6 nitrogen and oxygen atoms in total. The number of aliphatic imine (C=N–C) groups is 1. The number of likely N-dealkylation sites (tertiary alicyclic amines) is 1. The Labute approximate surface area is 167 Å². The number of β-lactam (4-membered cyclic amide) rings is 1. The van der Waals surface area contributed by atoms with Crippen molar-refractivity contribution in [2.24, 2.45) is 4.99 Å². The minimum Gasteiger partial charge on any atom is -0.479 e. The van der Waals surface area contributed by atoms with Crippen LogP contribution in [0.25, 0.3) is 0 Å². The van der Waals surface area contributed by atoms with Crippen LogP contribution in [0.3, 0.4) is 0 Å². The van der Waals surface area contributed by atoms with Crippen LogP contribution in [-0.4, -0.2) is 51.8 Å². The molecule has 0 aliphatic carbocycles. The Hall–Kier alpha value is -1.71. The lowest BCUT2D eigenvalue weighted by Gasteiger charge is -2.60. The number of ether oxygens (including phenoxy) is 1. The highest BCUT2D eigenvalue weighted by Gasteiger charge is 2.71. The Kier molecular flexibility index (Phi) is 5.21. The summed E-state index contributed by atoms with van der Waals surface area (Å²) in [6.07, 6.45) is 0. The van der Waals surface area contributed by atoms with Gasteiger partial charge in [0.25, 0.3) is 11.1 Å². The zero-order valence-corrected chi connectivity index (χ0v) is 18.3. The molecular weight excluding hydrogens is 400 g/mol. The number of hydrogen-bond acceptors (Lipinski definition) is 6. The number of carbonyl (C=O) groups excluding carboxylic acids is 1. The van der Waals surface area contributed by atoms with E-state index >= 15 is 0 Å². The first-order valence-electron chi connectivity index (χ1n) is 8.46. The van der Waals surface area contributed by atoms with Crippen molar-refractivity contribution in [1.29, 1.82) is 0 Å². The normalized spacial score (nSPS) is 25.8. The first kappa shape index (κ1) is 20.0. The van der Waals surface area contributed by atoms with Crippen molar-refractivity contribution in [2.45, 2.75) is 43.1 Å². The van der Waals surface area contributed by atoms with Gasteiger partial charge in [0.1, 0.15) is 11.1 Å². The van der Waals surface area contributed by atoms with E-state index in [1.807, 2.05) is 30.3 Å². The fourth-order valence-electron chi connectivity index (χ4n) is 3.32. The fourth-order valence-corrected chi connectivity index (χ4v) is 9.50. The van der Waals surface area contributed by atoms with Gasteiger partial charge >= 0.3 is 5.97 Å². The first-order valence-corrected chi connectivity index (χ1v) is 14.2. The quantitative estimate of drug-likeness (QED) is 0.338. The van der Waals surface area contributed by atoms with E-state index in [1.165, 1.54) is 26.5 Å². The summed E-state index contributed by atoms with van der Waals surface area (Å²) in [7, 11) is 0.618. The molecule has 0 spiro atoms. The maximum Gasteiger partial charge on any atom is 0.330 e. The highest BCUT2D eigenvalue weighted by atomic mass is 33.1. The van der Waals surface area contributed by atoms with E-state index < -0.39 is 25.2 Å². The number of amides is 1. The Morgan fingerprint density at radius 1 is 1.37 bits per heavy atom. The van der Waals surface area contributed by atoms with Gasteiger partial charge in [-0.1, -0.05) is 55.2 Å². The molecule has 1 N–H and O–H groups in total. The molecule has 144 valence electrons. The van der Waals surface area contributed by atoms with Crippen LogP contribution in [0.15, 0.2) is 47.5 Å². The standard InChI is InChI=1S/C18H22N2O4S2Si/c1-11(2)13(14(21)22)20-15(23)18(27(3,4)5)16(20)25-26-17(19-18)24-12-9-7-6-8-10-12/h6-10,13,16H,1H2,2-5H3,(H,21,22). The van der Waals surface area contributed by atoms with Gasteiger partial charge in [0.2, 0.25) is 0 Å². The Morgan fingerprint density at radius 3 is 2.52 bits per heavy atom. The Balaban J connectivity index is 1.98. The van der Waals surface area contributed by atoms with Crippen molar-refractivity contribution >= 4 is 46.8 Å². The molecule has 3 rings (SSSR count). The van der Waals surface area contributed by atoms with Gasteiger partial charge in [0.05, 0.1) is 8.07 Å². The second-order valence-electron chi connectivity index (χ2n) is 7.64. The van der Waals surface area contributed by atoms with Crippen molar-refractivity contribution in [3.8, 4) is 5.75 Å². The van der Waals surface area contributed by atoms with Gasteiger partial charge in [-0.25, -0.2) is 9.79 Å². The number of carbonyl (C=O) groups is 2. The molecule has 1 saturated heterocycles. The van der Waals surface area contributed by atoms with Gasteiger partial charge in [-0.05, 0) is 24.6 Å². The predicted molar refractivity (Wildman–Crippen MR) is 113 cm³/mol. The maximum atomic E-state index is 13.3. The lowest BCUT2D eigenvalue weighted by molar-refractivity contribution is -0.160. The van der Waals surface area contributed by atoms with E-state index in [0.717, 1.165) is 0 Å². The minimum atomic E-state index is -2.15. The minimum absolute atomic E-state index is 0.246. The summed E-state index contributed by atoms with van der Waals surface area (Å²) in [5.41, 5.74) is 0.431. The maximum absolute atomic E-state index is 13.3. The second kappa shape index (κ2) is 7.03. The topological polar surface area (TPSA) is 79.2 Å². The second-order valence-corrected chi connectivity index (χ2v) is 15.1. The smallest absolute Gasteiger partial charge is 0.330 e. The summed E-state index contributed by atoms with van der Waals surface area (Å²) in [5, 5.41) is 8.75. The van der Waals surface area contributed by atoms with Crippen LogP contribution in [0, 0.1) is 0 Å². The molecular formula is C18H22N2O4S2Si. The summed E-state index contributed by atoms with van der Waals surface area (Å²) < 4.78 is 5.88. The van der Waals surface area contributed by atoms with E-state index in [-0.39, 0.29) is 11.3 Å². The largest absolute Gasteiger partial charge is 0.479 e. The van der Waals surface area contributed by atoms with Gasteiger partial charge in [-0.15, -0.1) is 0 Å². The van der Waals surface area contributed by atoms with Crippen LogP contribution < -0.4 is 4.74 Å². The average molecular weight is 423 g/mol. The Bertz CT molecular complexity index is 810. The third-order valence-electron chi connectivity index (χ3n) is 4.72. The molecule has 3 unspecified atom stereocenters. The number of nitrogens with zero attached hydrogens (tertiary/aromatic N) is 2. The lowest BCUT2D eigenvalue weighted by Crippen LogP contribution is -2.83. The van der Waals surface area contributed by atoms with Crippen molar-refractivity contribution in [3.63, 3.8) is 0 Å². The first-order chi connectivity index (χ1) is 12.6. The molecule has 1 aromatic rings. The molecule has 0 radical (unpaired) electrons. The highest BCUT2D eigenvalue weighted by Crippen LogP contribution is 2.55. The number of benzene rings is 1. The van der Waals surface area contributed by atoms with Crippen molar-refractivity contribution in [2.75, 3.05) is 0 Å². The molecule has 9 heteroatoms. The van der Waals surface area contributed by atoms with Crippen LogP contribution in [0.5, 0.6) is 5.75 Å². The molecule has 1 fully saturated rings. The monoisotopic (exact) mass is 422 g/mol. The van der Waals surface area contributed by atoms with Crippen LogP contribution in [0.2, 0.25) is 19.6 Å². The highest BCUT2D eigenvalue weighted by molar-refractivity contribution is 8.82. The molecule has 2 heterocycles. The predicted octanol–water partition coefficient (Wildman–Crippen LogP) is 3.63. The molecule has 0 bridgehead atoms. The molecule has 0 aromatic heterocycles. The molecule has 0 saturated carbocycles. The van der Waals surface area contributed by atoms with Gasteiger partial charge in [-0.3, -0.25) is 4.79 Å². The number of rotatable bonds is 5. The van der Waals surface area contributed by atoms with Gasteiger partial charge in [0.15, 0.2) is 11.2 Å². The third kappa shape index (κ3) is 3.21. The van der Waals surface area contributed by atoms with Crippen LogP contribution in [0.4, 0.5) is 0 Å². The molecule has 1 amide bonds. The van der Waals surface area contributed by atoms with Gasteiger partial charge < -0.3 is 14.7 Å². The summed E-state index contributed by atoms with van der Waals surface area (Å²) in [4.78, 5) is 31.2. The van der Waals surface area contributed by atoms with Crippen molar-refractivity contribution in [3.05, 3.63) is 42.5 Å². The van der Waals surface area contributed by atoms with E-state index in [0.29, 0.717) is 16.6 Å². The molecule has 1 aromatic carbocycles. The fraction of sp³-hybridized carbons (Fsp3) is 0.389. The number of aliphatic carboxylic acids is 1. The van der Waals surface area contributed by atoms with Gasteiger partial charge in [0, 0.05) is 10.8 Å². The lowest BCUT2D eigenvalue weighted by atomic mass is 9.99. The van der Waals surface area contributed by atoms with Crippen LogP contribution in [-0.2, 0) is 9.59 Å². The summed E-state index contributed by atoms with van der Waals surface area (Å²) in [5.74, 6) is -0.660. The zero-order chi connectivity index (χ0) is 20.0. The van der Waals surface area contributed by atoms with Crippen LogP contribution >= 0.6 is 21.6 Å². The number of hydrogen-bond donors (Lipinski definition) is 1. The average Bonchev–Trinajstić information content (AvgIpc) is 2.58. The SMILES string of the molecule is C=C(C)C(C(=O)O)N1C(=O)C2([Si](C)(C)C)N=C(Oc3ccccc3)SSC12. The molecule has 27 heavy (non-hydrogen) atoms. The Morgan fingerprint density at radius 2 is 2.00 bits per heavy atom. The van der Waals surface area contributed by atoms with Crippen molar-refractivity contribution < 1.29 is 19.4 Å². The van der Waals surface area contributed by atoms with E-state index in [4.69, 9.17) is 9.73 Å². The number of carboxylic acids is 1. The molecule has 2 aliphatic rings. The molecule has 2 aliphatic heterocycles. The van der Waals surface area contributed by atoms with E-state index in [2.05, 4.69) is 26.2 Å². The zero-order valence-electron chi connectivity index (χ0n) is 15.6. The van der Waals surface area contributed by atoms with Gasteiger partial charge in [-0.2, -0.15) is 0 Å². The summed E-state index contributed by atoms with van der Waals surface area (Å²) >= 11 is 0. The van der Waals surface area contributed by atoms with Crippen LogP contribution in [0.1, 0.15) is 6.92 Å². The van der Waals surface area contributed by atoms with E-state index in [9.17, 15) is 14.7 Å². The van der Waals surface area contributed by atoms with Crippen molar-refractivity contribution in [1.82, 2.24) is 4.90 Å². The number of fused-ring (bicyclic) bond motifs is 1. The number of para-hydroxylation sites is 1. The summed E-state index contributed by atoms with van der Waals surface area (Å²) in [6.45, 7) is 11.6. The summed E-state index contributed by atoms with van der Waals surface area (Å²) in [6, 6.07) is 8.26. The molecule has 3 atom stereocenters. The van der Waals surface area contributed by atoms with E-state index in [1.54, 1.807) is 6.92 Å².